The van der Waals surface area contributed by atoms with Gasteiger partial charge in [0.1, 0.15) is 11.5 Å². The van der Waals surface area contributed by atoms with Crippen LogP contribution in [-0.4, -0.2) is 10.2 Å². The second kappa shape index (κ2) is 7.65. The van der Waals surface area contributed by atoms with Crippen LogP contribution in [0.15, 0.2) is 78.9 Å². The van der Waals surface area contributed by atoms with Gasteiger partial charge in [0.25, 0.3) is 0 Å². The van der Waals surface area contributed by atoms with Gasteiger partial charge in [0.2, 0.25) is 0 Å². The summed E-state index contributed by atoms with van der Waals surface area (Å²) >= 11 is 0. The maximum absolute atomic E-state index is 9.81. The molecule has 3 aromatic rings. The van der Waals surface area contributed by atoms with E-state index in [1.807, 2.05) is 30.3 Å². The smallest absolute Gasteiger partial charge is 0.115 e. The van der Waals surface area contributed by atoms with Gasteiger partial charge in [-0.15, -0.1) is 0 Å². The molecule has 0 bridgehead atoms. The first-order valence-electron chi connectivity index (χ1n) is 9.23. The van der Waals surface area contributed by atoms with Crippen LogP contribution in [0.1, 0.15) is 43.4 Å². The van der Waals surface area contributed by atoms with Crippen LogP contribution in [0.2, 0.25) is 0 Å². The Morgan fingerprint density at radius 3 is 1.54 bits per heavy atom. The Morgan fingerprint density at radius 2 is 1.12 bits per heavy atom. The Kier molecular flexibility index (Phi) is 5.32. The molecule has 2 nitrogen and oxygen atoms in total. The van der Waals surface area contributed by atoms with E-state index in [0.717, 1.165) is 24.0 Å². The monoisotopic (exact) mass is 346 g/mol. The van der Waals surface area contributed by atoms with E-state index in [2.05, 4.69) is 38.1 Å². The van der Waals surface area contributed by atoms with Crippen molar-refractivity contribution in [2.24, 2.45) is 5.92 Å². The summed E-state index contributed by atoms with van der Waals surface area (Å²) in [4.78, 5) is 0. The molecule has 2 N–H and O–H groups in total. The van der Waals surface area contributed by atoms with Gasteiger partial charge < -0.3 is 10.2 Å². The summed E-state index contributed by atoms with van der Waals surface area (Å²) < 4.78 is 0. The van der Waals surface area contributed by atoms with Crippen LogP contribution in [-0.2, 0) is 5.41 Å². The summed E-state index contributed by atoms with van der Waals surface area (Å²) in [7, 11) is 0. The van der Waals surface area contributed by atoms with Gasteiger partial charge in [-0.25, -0.2) is 0 Å². The molecule has 26 heavy (non-hydrogen) atoms. The van der Waals surface area contributed by atoms with Gasteiger partial charge in [0.15, 0.2) is 0 Å². The highest BCUT2D eigenvalue weighted by atomic mass is 16.3. The van der Waals surface area contributed by atoms with Gasteiger partial charge in [-0.1, -0.05) is 74.9 Å². The summed E-state index contributed by atoms with van der Waals surface area (Å²) in [6.07, 6.45) is 2.16. The molecule has 0 saturated heterocycles. The van der Waals surface area contributed by atoms with E-state index in [1.54, 1.807) is 24.3 Å². The average molecular weight is 346 g/mol. The van der Waals surface area contributed by atoms with Gasteiger partial charge >= 0.3 is 0 Å². The van der Waals surface area contributed by atoms with Crippen LogP contribution >= 0.6 is 0 Å². The van der Waals surface area contributed by atoms with E-state index in [-0.39, 0.29) is 16.9 Å². The standard InChI is InChI=1S/C24H26O2/c1-3-7-18(2)24(19-8-5-4-6-9-19,20-10-14-22(25)15-11-20)21-12-16-23(26)17-13-21/h4-6,8-18,25-26H,3,7H2,1-2H3. The molecule has 3 rings (SSSR count). The normalized spacial score (nSPS) is 12.7. The van der Waals surface area contributed by atoms with Crippen molar-refractivity contribution in [3.63, 3.8) is 0 Å². The molecule has 0 amide bonds. The molecule has 0 aromatic heterocycles. The van der Waals surface area contributed by atoms with Crippen molar-refractivity contribution in [2.75, 3.05) is 0 Å². The van der Waals surface area contributed by atoms with Crippen molar-refractivity contribution >= 4 is 0 Å². The maximum Gasteiger partial charge on any atom is 0.115 e. The summed E-state index contributed by atoms with van der Waals surface area (Å²) in [5.74, 6) is 0.873. The van der Waals surface area contributed by atoms with Crippen LogP contribution in [0.25, 0.3) is 0 Å². The van der Waals surface area contributed by atoms with Crippen LogP contribution in [0.5, 0.6) is 11.5 Å². The summed E-state index contributed by atoms with van der Waals surface area (Å²) in [6, 6.07) is 25.6. The van der Waals surface area contributed by atoms with Gasteiger partial charge in [0.05, 0.1) is 0 Å². The van der Waals surface area contributed by atoms with E-state index in [0.29, 0.717) is 5.92 Å². The van der Waals surface area contributed by atoms with Crippen molar-refractivity contribution in [1.29, 1.82) is 0 Å². The number of benzene rings is 3. The molecule has 0 spiro atoms. The first-order chi connectivity index (χ1) is 12.6. The molecule has 0 heterocycles. The number of phenols is 2. The Morgan fingerprint density at radius 1 is 0.692 bits per heavy atom. The summed E-state index contributed by atoms with van der Waals surface area (Å²) in [5, 5.41) is 19.6. The minimum absolute atomic E-state index is 0.268. The number of hydrogen-bond acceptors (Lipinski definition) is 2. The van der Waals surface area contributed by atoms with E-state index < -0.39 is 0 Å². The molecule has 0 fully saturated rings. The molecule has 2 heteroatoms. The second-order valence-corrected chi connectivity index (χ2v) is 6.96. The highest BCUT2D eigenvalue weighted by molar-refractivity contribution is 5.52. The van der Waals surface area contributed by atoms with Crippen molar-refractivity contribution in [3.05, 3.63) is 95.6 Å². The van der Waals surface area contributed by atoms with Gasteiger partial charge in [-0.3, -0.25) is 0 Å². The number of phenolic OH excluding ortho intramolecular Hbond substituents is 2. The van der Waals surface area contributed by atoms with Crippen molar-refractivity contribution in [1.82, 2.24) is 0 Å². The Bertz CT molecular complexity index is 775. The van der Waals surface area contributed by atoms with Gasteiger partial charge in [-0.05, 0) is 53.3 Å². The molecule has 3 aromatic carbocycles. The lowest BCUT2D eigenvalue weighted by molar-refractivity contribution is 0.373. The molecule has 0 aliphatic heterocycles. The number of hydrogen-bond donors (Lipinski definition) is 2. The average Bonchev–Trinajstić information content (AvgIpc) is 2.66. The summed E-state index contributed by atoms with van der Waals surface area (Å²) in [5.41, 5.74) is 3.16. The van der Waals surface area contributed by atoms with E-state index in [9.17, 15) is 10.2 Å². The third-order valence-corrected chi connectivity index (χ3v) is 5.34. The molecular formula is C24H26O2. The predicted octanol–water partition coefficient (Wildman–Crippen LogP) is 5.87. The first-order valence-corrected chi connectivity index (χ1v) is 9.23. The molecule has 1 atom stereocenters. The third-order valence-electron chi connectivity index (χ3n) is 5.34. The molecule has 0 radical (unpaired) electrons. The van der Waals surface area contributed by atoms with Crippen molar-refractivity contribution in [3.8, 4) is 11.5 Å². The first kappa shape index (κ1) is 18.1. The lowest BCUT2D eigenvalue weighted by Crippen LogP contribution is -2.36. The topological polar surface area (TPSA) is 40.5 Å². The van der Waals surface area contributed by atoms with Crippen molar-refractivity contribution < 1.29 is 10.2 Å². The van der Waals surface area contributed by atoms with Gasteiger partial charge in [0, 0.05) is 5.41 Å². The number of aromatic hydroxyl groups is 2. The fraction of sp³-hybridized carbons (Fsp3) is 0.250. The molecule has 134 valence electrons. The maximum atomic E-state index is 9.81. The SMILES string of the molecule is CCCC(C)C(c1ccccc1)(c1ccc(O)cc1)c1ccc(O)cc1. The number of rotatable bonds is 6. The van der Waals surface area contributed by atoms with Crippen LogP contribution < -0.4 is 0 Å². The zero-order valence-electron chi connectivity index (χ0n) is 15.4. The summed E-state index contributed by atoms with van der Waals surface area (Å²) in [6.45, 7) is 4.50. The van der Waals surface area contributed by atoms with E-state index in [1.165, 1.54) is 5.56 Å². The highest BCUT2D eigenvalue weighted by Gasteiger charge is 2.40. The second-order valence-electron chi connectivity index (χ2n) is 6.96. The fourth-order valence-electron chi connectivity index (χ4n) is 4.15. The largest absolute Gasteiger partial charge is 0.508 e. The quantitative estimate of drug-likeness (QED) is 0.548. The van der Waals surface area contributed by atoms with E-state index >= 15 is 0 Å². The van der Waals surface area contributed by atoms with Crippen LogP contribution in [0.3, 0.4) is 0 Å². The molecule has 0 aliphatic rings. The zero-order valence-corrected chi connectivity index (χ0v) is 15.4. The van der Waals surface area contributed by atoms with Crippen LogP contribution in [0.4, 0.5) is 0 Å². The molecular weight excluding hydrogens is 320 g/mol. The molecule has 1 unspecified atom stereocenters. The minimum atomic E-state index is -0.349. The van der Waals surface area contributed by atoms with E-state index in [4.69, 9.17) is 0 Å². The highest BCUT2D eigenvalue weighted by Crippen LogP contribution is 2.47. The predicted molar refractivity (Wildman–Crippen MR) is 107 cm³/mol. The molecule has 0 aliphatic carbocycles. The Hall–Kier alpha value is -2.74. The fourth-order valence-corrected chi connectivity index (χ4v) is 4.15. The van der Waals surface area contributed by atoms with Gasteiger partial charge in [-0.2, -0.15) is 0 Å². The Labute approximate surface area is 155 Å². The third kappa shape index (κ3) is 3.20. The minimum Gasteiger partial charge on any atom is -0.508 e. The Balaban J connectivity index is 2.33. The lowest BCUT2D eigenvalue weighted by atomic mass is 9.61. The zero-order chi connectivity index (χ0) is 18.6. The molecule has 0 saturated carbocycles. The van der Waals surface area contributed by atoms with Crippen LogP contribution in [0, 0.1) is 5.92 Å². The van der Waals surface area contributed by atoms with Crippen molar-refractivity contribution in [2.45, 2.75) is 32.1 Å². The lowest BCUT2D eigenvalue weighted by Gasteiger charge is -2.41.